The van der Waals surface area contributed by atoms with E-state index in [-0.39, 0.29) is 5.82 Å². The maximum absolute atomic E-state index is 14.6. The summed E-state index contributed by atoms with van der Waals surface area (Å²) in [7, 11) is 4.10. The van der Waals surface area contributed by atoms with Crippen molar-refractivity contribution in [1.82, 2.24) is 30.0 Å². The standard InChI is InChI=1S/C31H31FN6/c1-5-7-10-21(6-2)26-11-12-27-29(34-26)30(37-36-27)28-19-25-24(13-14-33-31(25)35-28)22-16-20(17-23(32)18-22)9-8-15-38(3)4/h5-7,10-14,16-19H,1,8-9,15H2,2-4H3,(H,33,35)(H,36,37)/b10-7-,21-6+. The molecule has 0 atom stereocenters. The molecule has 38 heavy (non-hydrogen) atoms. The van der Waals surface area contributed by atoms with Crippen LogP contribution in [0.3, 0.4) is 0 Å². The number of H-pyrrole nitrogens is 2. The van der Waals surface area contributed by atoms with E-state index in [0.717, 1.165) is 69.5 Å². The van der Waals surface area contributed by atoms with Crippen molar-refractivity contribution in [3.63, 3.8) is 0 Å². The van der Waals surface area contributed by atoms with Crippen LogP contribution >= 0.6 is 0 Å². The van der Waals surface area contributed by atoms with Gasteiger partial charge in [-0.3, -0.25) is 5.10 Å². The number of allylic oxidation sites excluding steroid dienone is 5. The maximum Gasteiger partial charge on any atom is 0.138 e. The summed E-state index contributed by atoms with van der Waals surface area (Å²) in [4.78, 5) is 15.0. The van der Waals surface area contributed by atoms with Gasteiger partial charge in [0.1, 0.15) is 22.7 Å². The molecule has 5 rings (SSSR count). The number of nitrogens with zero attached hydrogens (tertiary/aromatic N) is 4. The topological polar surface area (TPSA) is 73.5 Å². The van der Waals surface area contributed by atoms with Gasteiger partial charge in [0, 0.05) is 11.6 Å². The molecule has 0 fully saturated rings. The number of halogens is 1. The van der Waals surface area contributed by atoms with Crippen LogP contribution in [0.25, 0.3) is 50.2 Å². The highest BCUT2D eigenvalue weighted by atomic mass is 19.1. The lowest BCUT2D eigenvalue weighted by molar-refractivity contribution is 0.400. The van der Waals surface area contributed by atoms with Gasteiger partial charge in [0.2, 0.25) is 0 Å². The summed E-state index contributed by atoms with van der Waals surface area (Å²) >= 11 is 0. The van der Waals surface area contributed by atoms with Crippen molar-refractivity contribution in [3.05, 3.63) is 96.6 Å². The van der Waals surface area contributed by atoms with Crippen LogP contribution in [0.5, 0.6) is 0 Å². The third-order valence-corrected chi connectivity index (χ3v) is 6.55. The van der Waals surface area contributed by atoms with Crippen molar-refractivity contribution >= 4 is 27.6 Å². The summed E-state index contributed by atoms with van der Waals surface area (Å²) < 4.78 is 14.6. The minimum Gasteiger partial charge on any atom is -0.338 e. The first kappa shape index (κ1) is 25.3. The number of aromatic nitrogens is 5. The van der Waals surface area contributed by atoms with Crippen LogP contribution in [0.2, 0.25) is 0 Å². The number of aromatic amines is 2. The lowest BCUT2D eigenvalue weighted by Crippen LogP contribution is -2.13. The SMILES string of the molecule is C=C/C=C\C(=C/C)c1ccc2[nH]nc(-c3cc4c(-c5cc(F)cc(CCCN(C)C)c5)ccnc4[nH]3)c2n1. The molecule has 0 radical (unpaired) electrons. The Morgan fingerprint density at radius 3 is 2.79 bits per heavy atom. The fourth-order valence-electron chi connectivity index (χ4n) is 4.70. The van der Waals surface area contributed by atoms with Gasteiger partial charge >= 0.3 is 0 Å². The summed E-state index contributed by atoms with van der Waals surface area (Å²) in [6.45, 7) is 6.69. The minimum absolute atomic E-state index is 0.233. The Labute approximate surface area is 221 Å². The van der Waals surface area contributed by atoms with Crippen molar-refractivity contribution in [2.75, 3.05) is 20.6 Å². The Kier molecular flexibility index (Phi) is 7.29. The fourth-order valence-corrected chi connectivity index (χ4v) is 4.70. The number of hydrogen-bond donors (Lipinski definition) is 2. The molecule has 0 aliphatic carbocycles. The van der Waals surface area contributed by atoms with Crippen LogP contribution in [0, 0.1) is 5.82 Å². The zero-order chi connectivity index (χ0) is 26.6. The highest BCUT2D eigenvalue weighted by molar-refractivity contribution is 5.99. The van der Waals surface area contributed by atoms with E-state index >= 15 is 0 Å². The Balaban J connectivity index is 1.55. The fraction of sp³-hybridized carbons (Fsp3) is 0.194. The summed E-state index contributed by atoms with van der Waals surface area (Å²) in [5.74, 6) is -0.233. The number of aryl methyl sites for hydroxylation is 1. The van der Waals surface area contributed by atoms with Gasteiger partial charge < -0.3 is 9.88 Å². The number of nitrogens with one attached hydrogen (secondary N) is 2. The van der Waals surface area contributed by atoms with Crippen molar-refractivity contribution in [2.45, 2.75) is 19.8 Å². The normalized spacial score (nSPS) is 12.4. The van der Waals surface area contributed by atoms with Gasteiger partial charge in [-0.2, -0.15) is 5.10 Å². The van der Waals surface area contributed by atoms with E-state index in [9.17, 15) is 4.39 Å². The molecule has 4 aromatic heterocycles. The minimum atomic E-state index is -0.233. The molecular formula is C31H31FN6. The summed E-state index contributed by atoms with van der Waals surface area (Å²) in [5.41, 5.74) is 8.40. The van der Waals surface area contributed by atoms with Crippen LogP contribution < -0.4 is 0 Å². The average Bonchev–Trinajstić information content (AvgIpc) is 3.52. The highest BCUT2D eigenvalue weighted by Crippen LogP contribution is 2.34. The molecular weight excluding hydrogens is 475 g/mol. The van der Waals surface area contributed by atoms with E-state index in [1.54, 1.807) is 24.4 Å². The van der Waals surface area contributed by atoms with E-state index in [0.29, 0.717) is 11.3 Å². The number of fused-ring (bicyclic) bond motifs is 2. The Morgan fingerprint density at radius 1 is 1.13 bits per heavy atom. The average molecular weight is 507 g/mol. The first-order valence-corrected chi connectivity index (χ1v) is 12.7. The molecule has 0 saturated heterocycles. The van der Waals surface area contributed by atoms with Gasteiger partial charge in [0.15, 0.2) is 0 Å². The lowest BCUT2D eigenvalue weighted by atomic mass is 9.99. The van der Waals surface area contributed by atoms with Crippen molar-refractivity contribution in [2.24, 2.45) is 0 Å². The smallest absolute Gasteiger partial charge is 0.138 e. The lowest BCUT2D eigenvalue weighted by Gasteiger charge is -2.10. The molecule has 6 nitrogen and oxygen atoms in total. The number of benzene rings is 1. The second-order valence-electron chi connectivity index (χ2n) is 9.56. The molecule has 0 unspecified atom stereocenters. The predicted octanol–water partition coefficient (Wildman–Crippen LogP) is 6.95. The van der Waals surface area contributed by atoms with Crippen LogP contribution in [0.4, 0.5) is 4.39 Å². The molecule has 0 spiro atoms. The molecule has 0 aliphatic rings. The molecule has 5 aromatic rings. The monoisotopic (exact) mass is 506 g/mol. The van der Waals surface area contributed by atoms with Crippen LogP contribution in [-0.4, -0.2) is 50.7 Å². The molecule has 0 amide bonds. The first-order valence-electron chi connectivity index (χ1n) is 12.7. The van der Waals surface area contributed by atoms with E-state index in [2.05, 4.69) is 37.7 Å². The molecule has 1 aromatic carbocycles. The van der Waals surface area contributed by atoms with Gasteiger partial charge in [-0.15, -0.1) is 0 Å². The number of hydrogen-bond acceptors (Lipinski definition) is 4. The zero-order valence-electron chi connectivity index (χ0n) is 21.9. The van der Waals surface area contributed by atoms with Gasteiger partial charge in [0.25, 0.3) is 0 Å². The van der Waals surface area contributed by atoms with Gasteiger partial charge in [-0.1, -0.05) is 36.9 Å². The largest absolute Gasteiger partial charge is 0.338 e. The molecule has 192 valence electrons. The third-order valence-electron chi connectivity index (χ3n) is 6.55. The van der Waals surface area contributed by atoms with E-state index in [1.165, 1.54) is 0 Å². The first-order chi connectivity index (χ1) is 18.5. The quantitative estimate of drug-likeness (QED) is 0.212. The molecule has 2 N–H and O–H groups in total. The van der Waals surface area contributed by atoms with Crippen LogP contribution in [-0.2, 0) is 6.42 Å². The van der Waals surface area contributed by atoms with Gasteiger partial charge in [0.05, 0.1) is 16.9 Å². The summed E-state index contributed by atoms with van der Waals surface area (Å²) in [6, 6.07) is 13.2. The Morgan fingerprint density at radius 2 is 2.00 bits per heavy atom. The van der Waals surface area contributed by atoms with Crippen molar-refractivity contribution < 1.29 is 4.39 Å². The van der Waals surface area contributed by atoms with Gasteiger partial charge in [-0.25, -0.2) is 14.4 Å². The van der Waals surface area contributed by atoms with E-state index in [1.807, 2.05) is 63.5 Å². The predicted molar refractivity (Wildman–Crippen MR) is 154 cm³/mol. The summed E-state index contributed by atoms with van der Waals surface area (Å²) in [6.07, 6.45) is 11.2. The molecule has 4 heterocycles. The molecule has 0 aliphatic heterocycles. The van der Waals surface area contributed by atoms with Crippen LogP contribution in [0.1, 0.15) is 24.6 Å². The maximum atomic E-state index is 14.6. The second-order valence-corrected chi connectivity index (χ2v) is 9.56. The van der Waals surface area contributed by atoms with Crippen LogP contribution in [0.15, 0.2) is 79.5 Å². The molecule has 0 bridgehead atoms. The molecule has 0 saturated carbocycles. The van der Waals surface area contributed by atoms with E-state index in [4.69, 9.17) is 4.98 Å². The zero-order valence-corrected chi connectivity index (χ0v) is 21.9. The Bertz CT molecular complexity index is 1670. The third kappa shape index (κ3) is 5.19. The molecule has 7 heteroatoms. The van der Waals surface area contributed by atoms with Gasteiger partial charge in [-0.05, 0) is 99.1 Å². The number of pyridine rings is 2. The second kappa shape index (κ2) is 10.9. The number of rotatable bonds is 9. The van der Waals surface area contributed by atoms with Crippen molar-refractivity contribution in [1.29, 1.82) is 0 Å². The van der Waals surface area contributed by atoms with Crippen molar-refractivity contribution in [3.8, 4) is 22.5 Å². The summed E-state index contributed by atoms with van der Waals surface area (Å²) in [5, 5.41) is 8.56. The Hall–Kier alpha value is -4.36. The van der Waals surface area contributed by atoms with E-state index < -0.39 is 0 Å². The highest BCUT2D eigenvalue weighted by Gasteiger charge is 2.16.